The van der Waals surface area contributed by atoms with Gasteiger partial charge in [0.15, 0.2) is 0 Å². The predicted molar refractivity (Wildman–Crippen MR) is 63.9 cm³/mol. The van der Waals surface area contributed by atoms with Gasteiger partial charge >= 0.3 is 0 Å². The van der Waals surface area contributed by atoms with Gasteiger partial charge in [0.2, 0.25) is 0 Å². The first kappa shape index (κ1) is 12.3. The van der Waals surface area contributed by atoms with Gasteiger partial charge in [-0.2, -0.15) is 0 Å². The molecule has 0 N–H and O–H groups in total. The molecule has 0 aromatic heterocycles. The second-order valence-corrected chi connectivity index (χ2v) is 4.21. The summed E-state index contributed by atoms with van der Waals surface area (Å²) in [6.45, 7) is 6.67. The van der Waals surface area contributed by atoms with Gasteiger partial charge in [-0.25, -0.2) is 4.39 Å². The molecule has 0 radical (unpaired) electrons. The Bertz CT molecular complexity index is 364. The van der Waals surface area contributed by atoms with Gasteiger partial charge in [0.1, 0.15) is 18.2 Å². The first-order chi connectivity index (χ1) is 8.25. The summed E-state index contributed by atoms with van der Waals surface area (Å²) in [5.74, 6) is 0.384. The minimum Gasteiger partial charge on any atom is -0.492 e. The molecule has 0 bridgehead atoms. The highest BCUT2D eigenvalue weighted by Gasteiger charge is 2.09. The largest absolute Gasteiger partial charge is 0.492 e. The van der Waals surface area contributed by atoms with Crippen molar-refractivity contribution in [3.63, 3.8) is 0 Å². The van der Waals surface area contributed by atoms with Crippen molar-refractivity contribution >= 4 is 0 Å². The van der Waals surface area contributed by atoms with E-state index in [9.17, 15) is 4.39 Å². The molecule has 0 saturated carbocycles. The van der Waals surface area contributed by atoms with Crippen LogP contribution < -0.4 is 4.74 Å². The highest BCUT2D eigenvalue weighted by molar-refractivity contribution is 5.27. The van der Waals surface area contributed by atoms with Gasteiger partial charge in [0.05, 0.1) is 13.2 Å². The van der Waals surface area contributed by atoms with Crippen molar-refractivity contribution in [2.75, 3.05) is 39.5 Å². The Kier molecular flexibility index (Phi) is 4.34. The molecule has 0 spiro atoms. The summed E-state index contributed by atoms with van der Waals surface area (Å²) in [5, 5.41) is 0. The van der Waals surface area contributed by atoms with Crippen molar-refractivity contribution in [2.24, 2.45) is 0 Å². The Labute approximate surface area is 101 Å². The van der Waals surface area contributed by atoms with E-state index in [2.05, 4.69) is 4.90 Å². The van der Waals surface area contributed by atoms with E-state index in [1.165, 1.54) is 6.07 Å². The smallest absolute Gasteiger partial charge is 0.129 e. The molecule has 0 atom stereocenters. The molecule has 3 nitrogen and oxygen atoms in total. The van der Waals surface area contributed by atoms with Crippen molar-refractivity contribution in [1.82, 2.24) is 4.90 Å². The summed E-state index contributed by atoms with van der Waals surface area (Å²) >= 11 is 0. The molecule has 1 fully saturated rings. The van der Waals surface area contributed by atoms with Gasteiger partial charge in [-0.1, -0.05) is 6.07 Å². The molecule has 4 heteroatoms. The maximum absolute atomic E-state index is 13.3. The highest BCUT2D eigenvalue weighted by atomic mass is 19.1. The van der Waals surface area contributed by atoms with Crippen LogP contribution in [-0.4, -0.2) is 44.4 Å². The van der Waals surface area contributed by atoms with E-state index in [0.717, 1.165) is 32.8 Å². The van der Waals surface area contributed by atoms with Gasteiger partial charge in [-0.3, -0.25) is 4.90 Å². The van der Waals surface area contributed by atoms with Crippen LogP contribution in [0.1, 0.15) is 5.56 Å². The van der Waals surface area contributed by atoms with E-state index in [-0.39, 0.29) is 5.82 Å². The van der Waals surface area contributed by atoms with Crippen LogP contribution >= 0.6 is 0 Å². The molecule has 94 valence electrons. The van der Waals surface area contributed by atoms with E-state index >= 15 is 0 Å². The summed E-state index contributed by atoms with van der Waals surface area (Å²) in [6, 6.07) is 4.98. The summed E-state index contributed by atoms with van der Waals surface area (Å²) in [6.07, 6.45) is 0. The zero-order valence-electron chi connectivity index (χ0n) is 10.1. The first-order valence-electron chi connectivity index (χ1n) is 5.95. The van der Waals surface area contributed by atoms with Crippen LogP contribution in [0.2, 0.25) is 0 Å². The van der Waals surface area contributed by atoms with Gasteiger partial charge in [0.25, 0.3) is 0 Å². The minimum atomic E-state index is -0.214. The lowest BCUT2D eigenvalue weighted by Crippen LogP contribution is -2.38. The number of hydrogen-bond donors (Lipinski definition) is 0. The lowest BCUT2D eigenvalue weighted by atomic mass is 10.2. The molecule has 1 aromatic carbocycles. The molecule has 0 amide bonds. The van der Waals surface area contributed by atoms with Crippen LogP contribution in [0.3, 0.4) is 0 Å². The van der Waals surface area contributed by atoms with Crippen LogP contribution in [0.4, 0.5) is 4.39 Å². The number of morpholine rings is 1. The highest BCUT2D eigenvalue weighted by Crippen LogP contribution is 2.15. The van der Waals surface area contributed by atoms with Crippen molar-refractivity contribution in [3.8, 4) is 5.75 Å². The summed E-state index contributed by atoms with van der Waals surface area (Å²) in [4.78, 5) is 2.29. The molecule has 17 heavy (non-hydrogen) atoms. The topological polar surface area (TPSA) is 21.7 Å². The summed E-state index contributed by atoms with van der Waals surface area (Å²) < 4.78 is 24.0. The second kappa shape index (κ2) is 5.98. The third-order valence-corrected chi connectivity index (χ3v) is 2.92. The normalized spacial score (nSPS) is 17.1. The van der Waals surface area contributed by atoms with Crippen LogP contribution in [0.25, 0.3) is 0 Å². The predicted octanol–water partition coefficient (Wildman–Crippen LogP) is 1.85. The van der Waals surface area contributed by atoms with E-state index in [1.54, 1.807) is 19.1 Å². The lowest BCUT2D eigenvalue weighted by molar-refractivity contribution is 0.0322. The standard InChI is InChI=1S/C13H18FNO2/c1-11-2-3-12(10-13(11)14)17-9-6-15-4-7-16-8-5-15/h2-3,10H,4-9H2,1H3. The SMILES string of the molecule is Cc1ccc(OCCN2CCOCC2)cc1F. The van der Waals surface area contributed by atoms with Gasteiger partial charge in [-0.05, 0) is 18.6 Å². The Morgan fingerprint density at radius 3 is 2.82 bits per heavy atom. The molecular weight excluding hydrogens is 221 g/mol. The number of rotatable bonds is 4. The maximum Gasteiger partial charge on any atom is 0.129 e. The third-order valence-electron chi connectivity index (χ3n) is 2.92. The number of nitrogens with zero attached hydrogens (tertiary/aromatic N) is 1. The molecule has 1 aliphatic heterocycles. The summed E-state index contributed by atoms with van der Waals surface area (Å²) in [5.41, 5.74) is 0.644. The van der Waals surface area contributed by atoms with Crippen LogP contribution in [0.15, 0.2) is 18.2 Å². The van der Waals surface area contributed by atoms with Gasteiger partial charge in [0, 0.05) is 25.7 Å². The maximum atomic E-state index is 13.3. The van der Waals surface area contributed by atoms with Crippen LogP contribution in [0, 0.1) is 12.7 Å². The molecule has 2 rings (SSSR count). The second-order valence-electron chi connectivity index (χ2n) is 4.21. The molecule has 1 aliphatic rings. The molecule has 0 unspecified atom stereocenters. The van der Waals surface area contributed by atoms with Crippen LogP contribution in [-0.2, 0) is 4.74 Å². The number of aryl methyl sites for hydroxylation is 1. The van der Waals surface area contributed by atoms with Crippen molar-refractivity contribution in [3.05, 3.63) is 29.6 Å². The monoisotopic (exact) mass is 239 g/mol. The fraction of sp³-hybridized carbons (Fsp3) is 0.538. The molecule has 0 aliphatic carbocycles. The Morgan fingerprint density at radius 2 is 2.12 bits per heavy atom. The van der Waals surface area contributed by atoms with Gasteiger partial charge < -0.3 is 9.47 Å². The number of halogens is 1. The number of ether oxygens (including phenoxy) is 2. The summed E-state index contributed by atoms with van der Waals surface area (Å²) in [7, 11) is 0. The Balaban J connectivity index is 1.75. The van der Waals surface area contributed by atoms with E-state index in [0.29, 0.717) is 17.9 Å². The molecular formula is C13H18FNO2. The van der Waals surface area contributed by atoms with Crippen molar-refractivity contribution in [2.45, 2.75) is 6.92 Å². The first-order valence-corrected chi connectivity index (χ1v) is 5.95. The zero-order chi connectivity index (χ0) is 12.1. The average molecular weight is 239 g/mol. The fourth-order valence-electron chi connectivity index (χ4n) is 1.78. The van der Waals surface area contributed by atoms with Crippen molar-refractivity contribution in [1.29, 1.82) is 0 Å². The van der Waals surface area contributed by atoms with E-state index in [1.807, 2.05) is 0 Å². The van der Waals surface area contributed by atoms with E-state index in [4.69, 9.17) is 9.47 Å². The quantitative estimate of drug-likeness (QED) is 0.800. The van der Waals surface area contributed by atoms with E-state index < -0.39 is 0 Å². The lowest BCUT2D eigenvalue weighted by Gasteiger charge is -2.26. The molecule has 1 heterocycles. The molecule has 1 aromatic rings. The Hall–Kier alpha value is -1.13. The Morgan fingerprint density at radius 1 is 1.35 bits per heavy atom. The van der Waals surface area contributed by atoms with Gasteiger partial charge in [-0.15, -0.1) is 0 Å². The third kappa shape index (κ3) is 3.68. The average Bonchev–Trinajstić information content (AvgIpc) is 2.35. The minimum absolute atomic E-state index is 0.214. The fourth-order valence-corrected chi connectivity index (χ4v) is 1.78. The van der Waals surface area contributed by atoms with Crippen molar-refractivity contribution < 1.29 is 13.9 Å². The zero-order valence-corrected chi connectivity index (χ0v) is 10.1. The number of benzene rings is 1. The number of hydrogen-bond acceptors (Lipinski definition) is 3. The molecule has 1 saturated heterocycles. The van der Waals surface area contributed by atoms with Crippen LogP contribution in [0.5, 0.6) is 5.75 Å².